The van der Waals surface area contributed by atoms with Gasteiger partial charge in [-0.1, -0.05) is 41.1 Å². The van der Waals surface area contributed by atoms with E-state index in [0.29, 0.717) is 23.0 Å². The van der Waals surface area contributed by atoms with Crippen molar-refractivity contribution >= 4 is 6.29 Å². The van der Waals surface area contributed by atoms with Gasteiger partial charge in [0.15, 0.2) is 6.61 Å². The molecular weight excluding hydrogens is 280 g/mol. The highest BCUT2D eigenvalue weighted by atomic mass is 16.5. The van der Waals surface area contributed by atoms with E-state index in [-0.39, 0.29) is 6.61 Å². The van der Waals surface area contributed by atoms with Crippen molar-refractivity contribution in [3.63, 3.8) is 0 Å². The smallest absolute Gasteiger partial charge is 0.264 e. The molecule has 0 aliphatic carbocycles. The summed E-state index contributed by atoms with van der Waals surface area (Å²) in [5, 5.41) is 3.95. The first-order valence-electron chi connectivity index (χ1n) is 6.82. The van der Waals surface area contributed by atoms with E-state index in [9.17, 15) is 4.79 Å². The molecule has 0 saturated heterocycles. The van der Waals surface area contributed by atoms with Crippen LogP contribution in [0, 0.1) is 6.92 Å². The second-order valence-corrected chi connectivity index (χ2v) is 4.86. The van der Waals surface area contributed by atoms with Crippen LogP contribution in [-0.4, -0.2) is 16.4 Å². The van der Waals surface area contributed by atoms with Crippen LogP contribution in [0.25, 0.3) is 11.4 Å². The summed E-state index contributed by atoms with van der Waals surface area (Å²) in [5.41, 5.74) is 2.59. The predicted octanol–water partition coefficient (Wildman–Crippen LogP) is 3.44. The summed E-state index contributed by atoms with van der Waals surface area (Å²) in [7, 11) is 0. The first-order chi connectivity index (χ1) is 10.7. The minimum atomic E-state index is 0.154. The highest BCUT2D eigenvalue weighted by molar-refractivity contribution is 5.75. The second kappa shape index (κ2) is 6.22. The van der Waals surface area contributed by atoms with Crippen molar-refractivity contribution < 1.29 is 14.1 Å². The van der Waals surface area contributed by atoms with Crippen LogP contribution in [0.2, 0.25) is 0 Å². The Hall–Kier alpha value is -2.95. The number of carbonyl (C=O) groups excluding carboxylic acids is 1. The van der Waals surface area contributed by atoms with Crippen molar-refractivity contribution in [2.24, 2.45) is 0 Å². The molecule has 0 saturated carbocycles. The number of ether oxygens (including phenoxy) is 1. The van der Waals surface area contributed by atoms with Crippen molar-refractivity contribution in [2.45, 2.75) is 13.5 Å². The molecule has 5 heteroatoms. The summed E-state index contributed by atoms with van der Waals surface area (Å²) < 4.78 is 10.7. The zero-order valence-corrected chi connectivity index (χ0v) is 12.0. The monoisotopic (exact) mass is 294 g/mol. The third-order valence-electron chi connectivity index (χ3n) is 3.10. The summed E-state index contributed by atoms with van der Waals surface area (Å²) in [6.45, 7) is 2.16. The Labute approximate surface area is 127 Å². The van der Waals surface area contributed by atoms with Crippen LogP contribution in [0.1, 0.15) is 21.8 Å². The van der Waals surface area contributed by atoms with Crippen molar-refractivity contribution in [2.75, 3.05) is 0 Å². The van der Waals surface area contributed by atoms with E-state index >= 15 is 0 Å². The van der Waals surface area contributed by atoms with Crippen LogP contribution in [0.4, 0.5) is 0 Å². The fourth-order valence-corrected chi connectivity index (χ4v) is 2.04. The number of aryl methyl sites for hydroxylation is 1. The quantitative estimate of drug-likeness (QED) is 0.674. The number of rotatable bonds is 5. The SMILES string of the molecule is Cc1cccc(-c2noc(COc3cccc(C=O)c3)n2)c1. The predicted molar refractivity (Wildman–Crippen MR) is 80.6 cm³/mol. The van der Waals surface area contributed by atoms with Gasteiger partial charge in [-0.15, -0.1) is 0 Å². The standard InChI is InChI=1S/C17H14N2O3/c1-12-4-2-6-14(8-12)17-18-16(22-19-17)11-21-15-7-3-5-13(9-15)10-20/h2-10H,11H2,1H3. The number of carbonyl (C=O) groups is 1. The van der Waals surface area contributed by atoms with Gasteiger partial charge in [0.25, 0.3) is 5.89 Å². The van der Waals surface area contributed by atoms with E-state index in [0.717, 1.165) is 17.4 Å². The summed E-state index contributed by atoms with van der Waals surface area (Å²) in [4.78, 5) is 15.0. The number of nitrogens with zero attached hydrogens (tertiary/aromatic N) is 2. The summed E-state index contributed by atoms with van der Waals surface area (Å²) in [6, 6.07) is 14.8. The fourth-order valence-electron chi connectivity index (χ4n) is 2.04. The van der Waals surface area contributed by atoms with Crippen LogP contribution < -0.4 is 4.74 Å². The Kier molecular flexibility index (Phi) is 3.96. The molecule has 0 atom stereocenters. The Bertz CT molecular complexity index is 796. The van der Waals surface area contributed by atoms with Gasteiger partial charge >= 0.3 is 0 Å². The lowest BCUT2D eigenvalue weighted by Crippen LogP contribution is -1.96. The Morgan fingerprint density at radius 3 is 2.86 bits per heavy atom. The van der Waals surface area contributed by atoms with E-state index in [4.69, 9.17) is 9.26 Å². The fraction of sp³-hybridized carbons (Fsp3) is 0.118. The van der Waals surface area contributed by atoms with E-state index in [1.54, 1.807) is 24.3 Å². The third kappa shape index (κ3) is 3.20. The minimum absolute atomic E-state index is 0.154. The van der Waals surface area contributed by atoms with Crippen LogP contribution >= 0.6 is 0 Å². The van der Waals surface area contributed by atoms with Gasteiger partial charge in [0.2, 0.25) is 5.82 Å². The van der Waals surface area contributed by atoms with Crippen LogP contribution in [0.15, 0.2) is 53.1 Å². The molecule has 0 spiro atoms. The summed E-state index contributed by atoms with van der Waals surface area (Å²) in [6.07, 6.45) is 0.773. The Balaban J connectivity index is 1.70. The molecule has 3 rings (SSSR count). The highest BCUT2D eigenvalue weighted by Gasteiger charge is 2.09. The molecule has 0 aliphatic rings. The second-order valence-electron chi connectivity index (χ2n) is 4.86. The molecule has 22 heavy (non-hydrogen) atoms. The van der Waals surface area contributed by atoms with Crippen LogP contribution in [0.3, 0.4) is 0 Å². The molecule has 110 valence electrons. The molecule has 0 fully saturated rings. The first-order valence-corrected chi connectivity index (χ1v) is 6.82. The van der Waals surface area contributed by atoms with Gasteiger partial charge in [-0.2, -0.15) is 4.98 Å². The topological polar surface area (TPSA) is 65.2 Å². The number of aldehydes is 1. The number of hydrogen-bond acceptors (Lipinski definition) is 5. The van der Waals surface area contributed by atoms with Gasteiger partial charge in [0.05, 0.1) is 0 Å². The zero-order chi connectivity index (χ0) is 15.4. The maximum absolute atomic E-state index is 10.7. The first kappa shape index (κ1) is 14.0. The van der Waals surface area contributed by atoms with Gasteiger partial charge in [-0.05, 0) is 25.1 Å². The average Bonchev–Trinajstić information content (AvgIpc) is 3.02. The Morgan fingerprint density at radius 1 is 1.18 bits per heavy atom. The summed E-state index contributed by atoms with van der Waals surface area (Å²) in [5.74, 6) is 1.50. The van der Waals surface area contributed by atoms with E-state index < -0.39 is 0 Å². The largest absolute Gasteiger partial charge is 0.484 e. The Morgan fingerprint density at radius 2 is 2.05 bits per heavy atom. The molecule has 2 aromatic carbocycles. The number of hydrogen-bond donors (Lipinski definition) is 0. The lowest BCUT2D eigenvalue weighted by molar-refractivity contribution is 0.112. The molecule has 0 bridgehead atoms. The molecule has 5 nitrogen and oxygen atoms in total. The van der Waals surface area contributed by atoms with Gasteiger partial charge < -0.3 is 9.26 Å². The number of aromatic nitrogens is 2. The molecule has 1 heterocycles. The third-order valence-corrected chi connectivity index (χ3v) is 3.10. The van der Waals surface area contributed by atoms with E-state index in [2.05, 4.69) is 10.1 Å². The molecule has 0 aliphatic heterocycles. The summed E-state index contributed by atoms with van der Waals surface area (Å²) >= 11 is 0. The van der Waals surface area contributed by atoms with Crippen molar-refractivity contribution in [1.29, 1.82) is 0 Å². The molecule has 0 radical (unpaired) electrons. The minimum Gasteiger partial charge on any atom is -0.484 e. The molecule has 0 unspecified atom stereocenters. The molecule has 1 aromatic heterocycles. The average molecular weight is 294 g/mol. The molecule has 0 amide bonds. The molecule has 3 aromatic rings. The zero-order valence-electron chi connectivity index (χ0n) is 12.0. The molecule has 0 N–H and O–H groups in total. The normalized spacial score (nSPS) is 10.4. The van der Waals surface area contributed by atoms with Crippen LogP contribution in [0.5, 0.6) is 5.75 Å². The van der Waals surface area contributed by atoms with Gasteiger partial charge in [0, 0.05) is 11.1 Å². The van der Waals surface area contributed by atoms with Crippen molar-refractivity contribution in [3.8, 4) is 17.1 Å². The van der Waals surface area contributed by atoms with Gasteiger partial charge in [-0.25, -0.2) is 0 Å². The molecular formula is C17H14N2O3. The van der Waals surface area contributed by atoms with Gasteiger partial charge in [0.1, 0.15) is 12.0 Å². The van der Waals surface area contributed by atoms with Crippen molar-refractivity contribution in [1.82, 2.24) is 10.1 Å². The van der Waals surface area contributed by atoms with E-state index in [1.165, 1.54) is 0 Å². The van der Waals surface area contributed by atoms with E-state index in [1.807, 2.05) is 31.2 Å². The van der Waals surface area contributed by atoms with Gasteiger partial charge in [-0.3, -0.25) is 4.79 Å². The van der Waals surface area contributed by atoms with Crippen molar-refractivity contribution in [3.05, 3.63) is 65.5 Å². The number of benzene rings is 2. The lowest BCUT2D eigenvalue weighted by atomic mass is 10.1. The van der Waals surface area contributed by atoms with Crippen LogP contribution in [-0.2, 0) is 6.61 Å². The lowest BCUT2D eigenvalue weighted by Gasteiger charge is -2.02. The highest BCUT2D eigenvalue weighted by Crippen LogP contribution is 2.18. The maximum Gasteiger partial charge on any atom is 0.264 e. The maximum atomic E-state index is 10.7.